The second-order valence-corrected chi connectivity index (χ2v) is 21.0. The molecule has 0 aromatic heterocycles. The molecule has 0 spiro atoms. The van der Waals surface area contributed by atoms with Crippen molar-refractivity contribution in [2.45, 2.75) is 334 Å². The van der Waals surface area contributed by atoms with Crippen molar-refractivity contribution in [3.8, 4) is 0 Å². The molecule has 2 atom stereocenters. The maximum atomic E-state index is 12.5. The lowest BCUT2D eigenvalue weighted by Gasteiger charge is -2.20. The smallest absolute Gasteiger partial charge is 0.305 e. The molecule has 0 fully saturated rings. The average Bonchev–Trinajstić information content (AvgIpc) is 3.36. The van der Waals surface area contributed by atoms with Gasteiger partial charge < -0.3 is 20.3 Å². The summed E-state index contributed by atoms with van der Waals surface area (Å²) in [6.45, 7) is 4.85. The van der Waals surface area contributed by atoms with Gasteiger partial charge in [-0.3, -0.25) is 9.59 Å². The van der Waals surface area contributed by atoms with Crippen LogP contribution in [0, 0.1) is 0 Å². The van der Waals surface area contributed by atoms with Gasteiger partial charge in [-0.2, -0.15) is 0 Å². The predicted octanol–water partition coefficient (Wildman–Crippen LogP) is 19.4. The van der Waals surface area contributed by atoms with Crippen LogP contribution in [0.1, 0.15) is 322 Å². The Kier molecular flexibility index (Phi) is 57.5. The number of esters is 1. The molecule has 6 nitrogen and oxygen atoms in total. The number of carbonyl (C=O) groups excluding carboxylic acids is 2. The van der Waals surface area contributed by atoms with Gasteiger partial charge in [0, 0.05) is 12.8 Å². The monoisotopic (exact) mass is 982 g/mol. The van der Waals surface area contributed by atoms with Crippen LogP contribution < -0.4 is 5.32 Å². The van der Waals surface area contributed by atoms with Gasteiger partial charge >= 0.3 is 5.97 Å². The van der Waals surface area contributed by atoms with Crippen molar-refractivity contribution in [2.24, 2.45) is 0 Å². The molecule has 70 heavy (non-hydrogen) atoms. The SMILES string of the molecule is CCCC/C=C\C/C=C\CCCCCCCC(=O)OCCCCCCCCCCC/C=C\CCCCCCCC(=O)NC(CO)C(O)/C=C/CCCCCCCCCCCCCCCCCCCCC. The van der Waals surface area contributed by atoms with Gasteiger partial charge in [0.05, 0.1) is 25.4 Å². The van der Waals surface area contributed by atoms with E-state index in [9.17, 15) is 19.8 Å². The van der Waals surface area contributed by atoms with E-state index < -0.39 is 12.1 Å². The molecule has 3 N–H and O–H groups in total. The Morgan fingerprint density at radius 2 is 0.729 bits per heavy atom. The summed E-state index contributed by atoms with van der Waals surface area (Å²) in [5, 5.41) is 23.2. The standard InChI is InChI=1S/C64H119NO5/c1-3-5-7-9-11-13-15-17-19-20-21-22-23-26-29-32-36-40-44-48-52-56-62(67)61(60-66)65-63(68)57-53-49-45-41-37-33-30-27-24-25-28-31-35-39-43-47-51-55-59-70-64(69)58-54-50-46-42-38-34-18-16-14-12-10-8-6-4-2/h10,12,16,18,27,30,52,56,61-62,66-67H,3-9,11,13-15,17,19-26,28-29,31-51,53-55,57-60H2,1-2H3,(H,65,68)/b12-10-,18-16-,30-27-,56-52+. The van der Waals surface area contributed by atoms with Gasteiger partial charge in [0.15, 0.2) is 0 Å². The molecule has 0 radical (unpaired) electrons. The lowest BCUT2D eigenvalue weighted by molar-refractivity contribution is -0.143. The van der Waals surface area contributed by atoms with Crippen molar-refractivity contribution < 1.29 is 24.5 Å². The summed E-state index contributed by atoms with van der Waals surface area (Å²) in [5.41, 5.74) is 0. The molecule has 410 valence electrons. The molecule has 0 bridgehead atoms. The molecule has 0 saturated carbocycles. The number of amides is 1. The van der Waals surface area contributed by atoms with Gasteiger partial charge in [0.25, 0.3) is 0 Å². The van der Waals surface area contributed by atoms with Crippen molar-refractivity contribution in [1.29, 1.82) is 0 Å². The summed E-state index contributed by atoms with van der Waals surface area (Å²) in [6.07, 6.45) is 75.7. The summed E-state index contributed by atoms with van der Waals surface area (Å²) in [6, 6.07) is -0.640. The Morgan fingerprint density at radius 3 is 1.14 bits per heavy atom. The van der Waals surface area contributed by atoms with E-state index in [0.29, 0.717) is 19.4 Å². The predicted molar refractivity (Wildman–Crippen MR) is 306 cm³/mol. The zero-order chi connectivity index (χ0) is 50.7. The van der Waals surface area contributed by atoms with Gasteiger partial charge in [-0.05, 0) is 83.5 Å². The number of ether oxygens (including phenoxy) is 1. The minimum Gasteiger partial charge on any atom is -0.466 e. The van der Waals surface area contributed by atoms with Crippen molar-refractivity contribution in [3.63, 3.8) is 0 Å². The first-order valence-corrected chi connectivity index (χ1v) is 30.9. The Morgan fingerprint density at radius 1 is 0.400 bits per heavy atom. The number of allylic oxidation sites excluding steroid dienone is 7. The highest BCUT2D eigenvalue weighted by atomic mass is 16.5. The lowest BCUT2D eigenvalue weighted by atomic mass is 10.0. The molecule has 0 aliphatic carbocycles. The zero-order valence-electron chi connectivity index (χ0n) is 46.7. The van der Waals surface area contributed by atoms with Gasteiger partial charge in [-0.15, -0.1) is 0 Å². The van der Waals surface area contributed by atoms with E-state index in [-0.39, 0.29) is 18.5 Å². The zero-order valence-corrected chi connectivity index (χ0v) is 46.7. The molecule has 0 heterocycles. The van der Waals surface area contributed by atoms with Crippen LogP contribution >= 0.6 is 0 Å². The van der Waals surface area contributed by atoms with E-state index in [1.807, 2.05) is 6.08 Å². The van der Waals surface area contributed by atoms with Crippen LogP contribution in [0.3, 0.4) is 0 Å². The summed E-state index contributed by atoms with van der Waals surface area (Å²) < 4.78 is 5.46. The molecular weight excluding hydrogens is 863 g/mol. The number of hydrogen-bond donors (Lipinski definition) is 3. The number of rotatable bonds is 57. The first kappa shape index (κ1) is 67.8. The highest BCUT2D eigenvalue weighted by Gasteiger charge is 2.18. The number of nitrogens with one attached hydrogen (secondary N) is 1. The fourth-order valence-corrected chi connectivity index (χ4v) is 9.29. The van der Waals surface area contributed by atoms with E-state index in [4.69, 9.17) is 4.74 Å². The maximum Gasteiger partial charge on any atom is 0.305 e. The van der Waals surface area contributed by atoms with Crippen molar-refractivity contribution in [1.82, 2.24) is 5.32 Å². The number of aliphatic hydroxyl groups excluding tert-OH is 2. The van der Waals surface area contributed by atoms with Gasteiger partial charge in [-0.1, -0.05) is 274 Å². The van der Waals surface area contributed by atoms with Gasteiger partial charge in [0.1, 0.15) is 0 Å². The van der Waals surface area contributed by atoms with Crippen LogP contribution in [0.4, 0.5) is 0 Å². The van der Waals surface area contributed by atoms with Crippen LogP contribution in [0.25, 0.3) is 0 Å². The highest BCUT2D eigenvalue weighted by molar-refractivity contribution is 5.76. The van der Waals surface area contributed by atoms with E-state index in [0.717, 1.165) is 70.6 Å². The molecule has 6 heteroatoms. The summed E-state index contributed by atoms with van der Waals surface area (Å²) in [4.78, 5) is 24.5. The lowest BCUT2D eigenvalue weighted by Crippen LogP contribution is -2.45. The number of aliphatic hydroxyl groups is 2. The average molecular weight is 983 g/mol. The Hall–Kier alpha value is -2.18. The van der Waals surface area contributed by atoms with E-state index in [1.54, 1.807) is 6.08 Å². The third-order valence-electron chi connectivity index (χ3n) is 14.1. The third kappa shape index (κ3) is 55.1. The molecule has 1 amide bonds. The van der Waals surface area contributed by atoms with Crippen LogP contribution in [0.2, 0.25) is 0 Å². The number of hydrogen-bond acceptors (Lipinski definition) is 5. The molecule has 0 aromatic rings. The van der Waals surface area contributed by atoms with Crippen molar-refractivity contribution in [2.75, 3.05) is 13.2 Å². The molecule has 0 saturated heterocycles. The summed E-state index contributed by atoms with van der Waals surface area (Å²) in [5.74, 6) is -0.0936. The first-order chi connectivity index (χ1) is 34.5. The first-order valence-electron chi connectivity index (χ1n) is 30.9. The molecule has 0 aliphatic rings. The fraction of sp³-hybridized carbons (Fsp3) is 0.844. The van der Waals surface area contributed by atoms with Gasteiger partial charge in [-0.25, -0.2) is 0 Å². The number of unbranched alkanes of at least 4 members (excludes halogenated alkanes) is 40. The van der Waals surface area contributed by atoms with Crippen LogP contribution in [-0.2, 0) is 14.3 Å². The van der Waals surface area contributed by atoms with Crippen LogP contribution in [0.15, 0.2) is 48.6 Å². The Bertz CT molecular complexity index is 1180. The number of carbonyl (C=O) groups is 2. The van der Waals surface area contributed by atoms with Gasteiger partial charge in [0.2, 0.25) is 5.91 Å². The Balaban J connectivity index is 3.49. The second-order valence-electron chi connectivity index (χ2n) is 21.0. The molecule has 2 unspecified atom stereocenters. The summed E-state index contributed by atoms with van der Waals surface area (Å²) in [7, 11) is 0. The largest absolute Gasteiger partial charge is 0.466 e. The minimum absolute atomic E-state index is 0.0127. The van der Waals surface area contributed by atoms with E-state index in [1.165, 1.54) is 225 Å². The van der Waals surface area contributed by atoms with Crippen LogP contribution in [-0.4, -0.2) is 47.4 Å². The Labute approximate surface area is 436 Å². The molecular formula is C64H119NO5. The second kappa shape index (κ2) is 59.4. The third-order valence-corrected chi connectivity index (χ3v) is 14.1. The minimum atomic E-state index is -0.855. The van der Waals surface area contributed by atoms with E-state index in [2.05, 4.69) is 55.6 Å². The topological polar surface area (TPSA) is 95.9 Å². The van der Waals surface area contributed by atoms with Crippen LogP contribution in [0.5, 0.6) is 0 Å². The fourth-order valence-electron chi connectivity index (χ4n) is 9.29. The maximum absolute atomic E-state index is 12.5. The summed E-state index contributed by atoms with van der Waals surface area (Å²) >= 11 is 0. The highest BCUT2D eigenvalue weighted by Crippen LogP contribution is 2.17. The van der Waals surface area contributed by atoms with Crippen molar-refractivity contribution in [3.05, 3.63) is 48.6 Å². The van der Waals surface area contributed by atoms with E-state index >= 15 is 0 Å². The molecule has 0 aromatic carbocycles. The normalized spacial score (nSPS) is 12.9. The molecule has 0 rings (SSSR count). The van der Waals surface area contributed by atoms with Crippen molar-refractivity contribution >= 4 is 11.9 Å². The molecule has 0 aliphatic heterocycles. The quantitative estimate of drug-likeness (QED) is 0.0321.